The Morgan fingerprint density at radius 1 is 1.44 bits per heavy atom. The zero-order valence-electron chi connectivity index (χ0n) is 10.6. The fourth-order valence-corrected chi connectivity index (χ4v) is 1.65. The standard InChI is InChI=1S/C13H16ClNO3/c1-4-13(3,12(17)18)15-11(16)9-7-5-6-8(2)10(9)14/h5-7H,4H2,1-3H3,(H,15,16)(H,17,18). The van der Waals surface area contributed by atoms with Gasteiger partial charge in [-0.1, -0.05) is 30.7 Å². The monoisotopic (exact) mass is 269 g/mol. The maximum atomic E-state index is 12.0. The Balaban J connectivity index is 3.02. The van der Waals surface area contributed by atoms with Gasteiger partial charge in [0.2, 0.25) is 0 Å². The molecule has 1 rings (SSSR count). The van der Waals surface area contributed by atoms with Crippen LogP contribution < -0.4 is 5.32 Å². The number of carboxylic acid groups (broad SMARTS) is 1. The average Bonchev–Trinajstić information content (AvgIpc) is 2.32. The van der Waals surface area contributed by atoms with Gasteiger partial charge in [0.1, 0.15) is 5.54 Å². The van der Waals surface area contributed by atoms with Gasteiger partial charge in [-0.2, -0.15) is 0 Å². The van der Waals surface area contributed by atoms with Crippen molar-refractivity contribution in [2.45, 2.75) is 32.7 Å². The molecule has 0 aliphatic heterocycles. The van der Waals surface area contributed by atoms with E-state index >= 15 is 0 Å². The van der Waals surface area contributed by atoms with Gasteiger partial charge in [0.25, 0.3) is 5.91 Å². The summed E-state index contributed by atoms with van der Waals surface area (Å²) in [5.74, 6) is -1.54. The molecule has 0 aliphatic rings. The number of hydrogen-bond acceptors (Lipinski definition) is 2. The molecule has 0 saturated carbocycles. The summed E-state index contributed by atoms with van der Waals surface area (Å²) in [5.41, 5.74) is -0.222. The Kier molecular flexibility index (Phi) is 4.35. The first-order valence-electron chi connectivity index (χ1n) is 5.63. The summed E-state index contributed by atoms with van der Waals surface area (Å²) in [6.07, 6.45) is 0.289. The van der Waals surface area contributed by atoms with Crippen LogP contribution in [-0.4, -0.2) is 22.5 Å². The topological polar surface area (TPSA) is 66.4 Å². The summed E-state index contributed by atoms with van der Waals surface area (Å²) >= 11 is 6.03. The van der Waals surface area contributed by atoms with Crippen LogP contribution in [0.2, 0.25) is 5.02 Å². The van der Waals surface area contributed by atoms with E-state index in [1.54, 1.807) is 32.0 Å². The van der Waals surface area contributed by atoms with Crippen LogP contribution in [-0.2, 0) is 4.79 Å². The van der Waals surface area contributed by atoms with Crippen molar-refractivity contribution in [1.29, 1.82) is 0 Å². The molecule has 1 amide bonds. The average molecular weight is 270 g/mol. The summed E-state index contributed by atoms with van der Waals surface area (Å²) in [6.45, 7) is 4.96. The lowest BCUT2D eigenvalue weighted by Crippen LogP contribution is -2.51. The fraction of sp³-hybridized carbons (Fsp3) is 0.385. The molecule has 18 heavy (non-hydrogen) atoms. The predicted molar refractivity (Wildman–Crippen MR) is 70.0 cm³/mol. The Morgan fingerprint density at radius 2 is 2.06 bits per heavy atom. The molecule has 1 aromatic carbocycles. The lowest BCUT2D eigenvalue weighted by Gasteiger charge is -2.24. The minimum Gasteiger partial charge on any atom is -0.480 e. The van der Waals surface area contributed by atoms with E-state index in [0.29, 0.717) is 5.02 Å². The minimum absolute atomic E-state index is 0.289. The van der Waals surface area contributed by atoms with Crippen LogP contribution >= 0.6 is 11.6 Å². The number of aryl methyl sites for hydroxylation is 1. The van der Waals surface area contributed by atoms with Crippen molar-refractivity contribution in [1.82, 2.24) is 5.32 Å². The second kappa shape index (κ2) is 5.40. The molecule has 98 valence electrons. The van der Waals surface area contributed by atoms with Crippen LogP contribution in [0.4, 0.5) is 0 Å². The zero-order chi connectivity index (χ0) is 13.9. The predicted octanol–water partition coefficient (Wildman–Crippen LogP) is 2.63. The third kappa shape index (κ3) is 2.82. The molecule has 0 aromatic heterocycles. The lowest BCUT2D eigenvalue weighted by molar-refractivity contribution is -0.143. The van der Waals surface area contributed by atoms with Crippen molar-refractivity contribution in [2.75, 3.05) is 0 Å². The summed E-state index contributed by atoms with van der Waals surface area (Å²) in [4.78, 5) is 23.2. The number of benzene rings is 1. The third-order valence-corrected chi connectivity index (χ3v) is 3.51. The van der Waals surface area contributed by atoms with Crippen molar-refractivity contribution >= 4 is 23.5 Å². The second-order valence-corrected chi connectivity index (χ2v) is 4.76. The summed E-state index contributed by atoms with van der Waals surface area (Å²) in [6, 6.07) is 5.07. The molecule has 5 heteroatoms. The molecule has 0 bridgehead atoms. The van der Waals surface area contributed by atoms with E-state index in [4.69, 9.17) is 16.7 Å². The van der Waals surface area contributed by atoms with E-state index in [1.807, 2.05) is 0 Å². The van der Waals surface area contributed by atoms with Gasteiger partial charge in [0.05, 0.1) is 10.6 Å². The van der Waals surface area contributed by atoms with E-state index in [9.17, 15) is 9.59 Å². The molecular formula is C13H16ClNO3. The van der Waals surface area contributed by atoms with E-state index < -0.39 is 17.4 Å². The van der Waals surface area contributed by atoms with Crippen molar-refractivity contribution in [3.8, 4) is 0 Å². The van der Waals surface area contributed by atoms with Gasteiger partial charge in [0, 0.05) is 0 Å². The number of halogens is 1. The number of carbonyl (C=O) groups excluding carboxylic acids is 1. The van der Waals surface area contributed by atoms with Gasteiger partial charge in [-0.25, -0.2) is 4.79 Å². The van der Waals surface area contributed by atoms with Gasteiger partial charge in [0.15, 0.2) is 0 Å². The Labute approximate surface area is 111 Å². The highest BCUT2D eigenvalue weighted by molar-refractivity contribution is 6.34. The normalized spacial score (nSPS) is 13.8. The Hall–Kier alpha value is -1.55. The number of hydrogen-bond donors (Lipinski definition) is 2. The first-order valence-corrected chi connectivity index (χ1v) is 6.00. The molecule has 0 fully saturated rings. The highest BCUT2D eigenvalue weighted by Crippen LogP contribution is 2.21. The third-order valence-electron chi connectivity index (χ3n) is 3.00. The van der Waals surface area contributed by atoms with Gasteiger partial charge in [-0.05, 0) is 31.9 Å². The number of carbonyl (C=O) groups is 2. The molecule has 0 aliphatic carbocycles. The zero-order valence-corrected chi connectivity index (χ0v) is 11.3. The van der Waals surface area contributed by atoms with Crippen molar-refractivity contribution in [3.05, 3.63) is 34.3 Å². The first-order chi connectivity index (χ1) is 8.31. The summed E-state index contributed by atoms with van der Waals surface area (Å²) < 4.78 is 0. The van der Waals surface area contributed by atoms with Gasteiger partial charge < -0.3 is 10.4 Å². The maximum Gasteiger partial charge on any atom is 0.329 e. The van der Waals surface area contributed by atoms with Gasteiger partial charge in [-0.15, -0.1) is 0 Å². The molecule has 1 atom stereocenters. The molecule has 2 N–H and O–H groups in total. The molecule has 0 radical (unpaired) electrons. The van der Waals surface area contributed by atoms with E-state index in [-0.39, 0.29) is 12.0 Å². The van der Waals surface area contributed by atoms with Crippen molar-refractivity contribution in [3.63, 3.8) is 0 Å². The molecule has 0 saturated heterocycles. The van der Waals surface area contributed by atoms with Crippen LogP contribution in [0.15, 0.2) is 18.2 Å². The van der Waals surface area contributed by atoms with Crippen LogP contribution in [0, 0.1) is 6.92 Å². The number of nitrogens with one attached hydrogen (secondary N) is 1. The van der Waals surface area contributed by atoms with Crippen LogP contribution in [0.1, 0.15) is 36.2 Å². The SMILES string of the molecule is CCC(C)(NC(=O)c1cccc(C)c1Cl)C(=O)O. The smallest absolute Gasteiger partial charge is 0.329 e. The van der Waals surface area contributed by atoms with Gasteiger partial charge in [-0.3, -0.25) is 4.79 Å². The molecule has 0 spiro atoms. The summed E-state index contributed by atoms with van der Waals surface area (Å²) in [7, 11) is 0. The number of rotatable bonds is 4. The largest absolute Gasteiger partial charge is 0.480 e. The molecule has 1 unspecified atom stereocenters. The van der Waals surface area contributed by atoms with E-state index in [2.05, 4.69) is 5.32 Å². The highest BCUT2D eigenvalue weighted by atomic mass is 35.5. The van der Waals surface area contributed by atoms with Gasteiger partial charge >= 0.3 is 5.97 Å². The number of amides is 1. The number of carboxylic acids is 1. The quantitative estimate of drug-likeness (QED) is 0.883. The van der Waals surface area contributed by atoms with Crippen molar-refractivity contribution < 1.29 is 14.7 Å². The van der Waals surface area contributed by atoms with E-state index in [1.165, 1.54) is 6.92 Å². The molecular weight excluding hydrogens is 254 g/mol. The van der Waals surface area contributed by atoms with Crippen LogP contribution in [0.25, 0.3) is 0 Å². The molecule has 1 aromatic rings. The fourth-order valence-electron chi connectivity index (χ4n) is 1.43. The Bertz CT molecular complexity index is 487. The Morgan fingerprint density at radius 3 is 2.56 bits per heavy atom. The first kappa shape index (κ1) is 14.5. The molecule has 4 nitrogen and oxygen atoms in total. The van der Waals surface area contributed by atoms with Crippen molar-refractivity contribution in [2.24, 2.45) is 0 Å². The second-order valence-electron chi connectivity index (χ2n) is 4.38. The summed E-state index contributed by atoms with van der Waals surface area (Å²) in [5, 5.41) is 12.0. The maximum absolute atomic E-state index is 12.0. The number of aliphatic carboxylic acids is 1. The van der Waals surface area contributed by atoms with E-state index in [0.717, 1.165) is 5.56 Å². The van der Waals surface area contributed by atoms with Crippen LogP contribution in [0.5, 0.6) is 0 Å². The highest BCUT2D eigenvalue weighted by Gasteiger charge is 2.33. The van der Waals surface area contributed by atoms with Crippen LogP contribution in [0.3, 0.4) is 0 Å². The lowest BCUT2D eigenvalue weighted by atomic mass is 9.98. The minimum atomic E-state index is -1.29. The molecule has 0 heterocycles.